The number of nitrogens with zero attached hydrogens (tertiary/aromatic N) is 7. The van der Waals surface area contributed by atoms with Gasteiger partial charge in [0.05, 0.1) is 32.1 Å². The van der Waals surface area contributed by atoms with E-state index in [9.17, 15) is 0 Å². The molecule has 0 radical (unpaired) electrons. The van der Waals surface area contributed by atoms with Crippen LogP contribution in [0, 0.1) is 5.41 Å². The van der Waals surface area contributed by atoms with E-state index in [2.05, 4.69) is 35.9 Å². The second-order valence-corrected chi connectivity index (χ2v) is 8.00. The van der Waals surface area contributed by atoms with E-state index in [-0.39, 0.29) is 17.8 Å². The number of aromatic amines is 1. The number of aromatic nitrogens is 8. The zero-order valence-electron chi connectivity index (χ0n) is 15.7. The summed E-state index contributed by atoms with van der Waals surface area (Å²) in [4.78, 5) is 4.55. The molecule has 150 valence electrons. The first-order valence-electron chi connectivity index (χ1n) is 9.81. The fraction of sp³-hybridized carbons (Fsp3) is 0.556. The molecule has 1 N–H and O–H groups in total. The largest absolute Gasteiger partial charge is 0.488 e. The van der Waals surface area contributed by atoms with Crippen LogP contribution < -0.4 is 4.74 Å². The Morgan fingerprint density at radius 1 is 1.21 bits per heavy atom. The number of hydrogen-bond acceptors (Lipinski definition) is 9. The van der Waals surface area contributed by atoms with Crippen molar-refractivity contribution in [3.05, 3.63) is 18.5 Å². The third kappa shape index (κ3) is 3.47. The van der Waals surface area contributed by atoms with Gasteiger partial charge in [-0.05, 0) is 37.0 Å². The van der Waals surface area contributed by atoms with E-state index in [0.717, 1.165) is 31.6 Å². The molecule has 3 aliphatic rings. The maximum Gasteiger partial charge on any atom is 0.206 e. The summed E-state index contributed by atoms with van der Waals surface area (Å²) in [5, 5.41) is 22.6. The maximum atomic E-state index is 6.06. The predicted octanol–water partition coefficient (Wildman–Crippen LogP) is 1.21. The highest BCUT2D eigenvalue weighted by Gasteiger charge is 2.47. The monoisotopic (exact) mass is 396 g/mol. The topological polar surface area (TPSA) is 126 Å². The minimum absolute atomic E-state index is 0.213. The molecule has 2 aliphatic carbocycles. The Morgan fingerprint density at radius 2 is 2.07 bits per heavy atom. The molecule has 3 aromatic rings. The molecule has 4 heterocycles. The van der Waals surface area contributed by atoms with Crippen LogP contribution in [0.2, 0.25) is 0 Å². The lowest BCUT2D eigenvalue weighted by Gasteiger charge is -2.29. The predicted molar refractivity (Wildman–Crippen MR) is 97.4 cm³/mol. The summed E-state index contributed by atoms with van der Waals surface area (Å²) in [6.45, 7) is 2.01. The molecular weight excluding hydrogens is 376 g/mol. The number of nitrogens with one attached hydrogen (secondary N) is 1. The van der Waals surface area contributed by atoms with Gasteiger partial charge in [-0.2, -0.15) is 5.21 Å². The molecule has 3 aromatic heterocycles. The van der Waals surface area contributed by atoms with Gasteiger partial charge in [-0.15, -0.1) is 15.3 Å². The Bertz CT molecular complexity index is 1000. The van der Waals surface area contributed by atoms with Crippen LogP contribution in [0.25, 0.3) is 22.8 Å². The Labute approximate surface area is 165 Å². The Hall–Kier alpha value is -2.92. The molecule has 0 atom stereocenters. The zero-order chi connectivity index (χ0) is 19.3. The minimum atomic E-state index is -0.300. The molecule has 1 aliphatic heterocycles. The van der Waals surface area contributed by atoms with Gasteiger partial charge >= 0.3 is 0 Å². The highest BCUT2D eigenvalue weighted by molar-refractivity contribution is 5.67. The SMILES string of the molecule is c1nc(-c2cn(CC3OCC4(CC4)CO3)nn2)c(OC2CC2)cc1-c1nn[nH]n1. The average molecular weight is 396 g/mol. The van der Waals surface area contributed by atoms with Gasteiger partial charge in [0.25, 0.3) is 0 Å². The molecule has 6 rings (SSSR count). The van der Waals surface area contributed by atoms with E-state index in [1.807, 2.05) is 12.3 Å². The molecular formula is C18H20N8O3. The maximum absolute atomic E-state index is 6.06. The molecule has 0 aromatic carbocycles. The van der Waals surface area contributed by atoms with E-state index in [0.29, 0.717) is 29.5 Å². The molecule has 0 unspecified atom stereocenters. The normalized spacial score (nSPS) is 20.8. The molecule has 1 spiro atoms. The molecule has 0 amide bonds. The highest BCUT2D eigenvalue weighted by atomic mass is 16.7. The van der Waals surface area contributed by atoms with E-state index in [1.165, 1.54) is 12.8 Å². The van der Waals surface area contributed by atoms with Crippen LogP contribution in [0.15, 0.2) is 18.5 Å². The first-order valence-corrected chi connectivity index (χ1v) is 9.81. The van der Waals surface area contributed by atoms with Crippen molar-refractivity contribution in [3.8, 4) is 28.5 Å². The molecule has 0 bridgehead atoms. The van der Waals surface area contributed by atoms with Gasteiger partial charge in [0.1, 0.15) is 17.1 Å². The van der Waals surface area contributed by atoms with Crippen molar-refractivity contribution in [1.82, 2.24) is 40.6 Å². The average Bonchev–Trinajstić information content (AvgIpc) is 3.58. The minimum Gasteiger partial charge on any atom is -0.488 e. The van der Waals surface area contributed by atoms with Crippen molar-refractivity contribution in [2.45, 2.75) is 44.6 Å². The van der Waals surface area contributed by atoms with Crippen LogP contribution in [0.1, 0.15) is 25.7 Å². The van der Waals surface area contributed by atoms with E-state index >= 15 is 0 Å². The lowest BCUT2D eigenvalue weighted by molar-refractivity contribution is -0.213. The highest BCUT2D eigenvalue weighted by Crippen LogP contribution is 2.48. The zero-order valence-corrected chi connectivity index (χ0v) is 15.7. The third-order valence-corrected chi connectivity index (χ3v) is 5.50. The van der Waals surface area contributed by atoms with Crippen molar-refractivity contribution >= 4 is 0 Å². The summed E-state index contributed by atoms with van der Waals surface area (Å²) in [5.74, 6) is 1.11. The van der Waals surface area contributed by atoms with Gasteiger partial charge in [0, 0.05) is 17.2 Å². The molecule has 2 saturated carbocycles. The van der Waals surface area contributed by atoms with Gasteiger partial charge in [-0.1, -0.05) is 5.21 Å². The molecule has 11 heteroatoms. The number of ether oxygens (including phenoxy) is 3. The molecule has 29 heavy (non-hydrogen) atoms. The lowest BCUT2D eigenvalue weighted by Crippen LogP contribution is -2.36. The number of hydrogen-bond donors (Lipinski definition) is 1. The summed E-state index contributed by atoms with van der Waals surface area (Å²) >= 11 is 0. The summed E-state index contributed by atoms with van der Waals surface area (Å²) in [6.07, 6.45) is 7.90. The number of pyridine rings is 1. The van der Waals surface area contributed by atoms with Crippen molar-refractivity contribution in [3.63, 3.8) is 0 Å². The fourth-order valence-electron chi connectivity index (χ4n) is 3.35. The van der Waals surface area contributed by atoms with Gasteiger partial charge < -0.3 is 14.2 Å². The summed E-state index contributed by atoms with van der Waals surface area (Å²) < 4.78 is 19.5. The van der Waals surface area contributed by atoms with Crippen LogP contribution in [0.4, 0.5) is 0 Å². The summed E-state index contributed by atoms with van der Waals surface area (Å²) in [5.41, 5.74) is 2.28. The van der Waals surface area contributed by atoms with Crippen LogP contribution in [0.5, 0.6) is 5.75 Å². The van der Waals surface area contributed by atoms with Crippen LogP contribution in [0.3, 0.4) is 0 Å². The van der Waals surface area contributed by atoms with E-state index < -0.39 is 0 Å². The molecule has 1 saturated heterocycles. The van der Waals surface area contributed by atoms with Crippen molar-refractivity contribution in [2.24, 2.45) is 5.41 Å². The second kappa shape index (κ2) is 6.56. The Kier molecular flexibility index (Phi) is 3.84. The number of rotatable bonds is 6. The van der Waals surface area contributed by atoms with Crippen molar-refractivity contribution < 1.29 is 14.2 Å². The van der Waals surface area contributed by atoms with Crippen LogP contribution in [-0.4, -0.2) is 66.2 Å². The van der Waals surface area contributed by atoms with Crippen LogP contribution >= 0.6 is 0 Å². The van der Waals surface area contributed by atoms with Crippen molar-refractivity contribution in [1.29, 1.82) is 0 Å². The van der Waals surface area contributed by atoms with Crippen molar-refractivity contribution in [2.75, 3.05) is 13.2 Å². The number of tetrazole rings is 1. The first kappa shape index (κ1) is 17.0. The molecule has 3 fully saturated rings. The Morgan fingerprint density at radius 3 is 2.79 bits per heavy atom. The third-order valence-electron chi connectivity index (χ3n) is 5.50. The second-order valence-electron chi connectivity index (χ2n) is 8.00. The number of H-pyrrole nitrogens is 1. The van der Waals surface area contributed by atoms with Gasteiger partial charge in [-0.3, -0.25) is 0 Å². The van der Waals surface area contributed by atoms with E-state index in [4.69, 9.17) is 14.2 Å². The van der Waals surface area contributed by atoms with Gasteiger partial charge in [0.15, 0.2) is 6.29 Å². The first-order chi connectivity index (χ1) is 14.3. The van der Waals surface area contributed by atoms with Crippen LogP contribution in [-0.2, 0) is 16.0 Å². The Balaban J connectivity index is 1.22. The smallest absolute Gasteiger partial charge is 0.206 e. The summed E-state index contributed by atoms with van der Waals surface area (Å²) in [7, 11) is 0. The van der Waals surface area contributed by atoms with E-state index in [1.54, 1.807) is 10.9 Å². The lowest BCUT2D eigenvalue weighted by atomic mass is 10.1. The molecule has 11 nitrogen and oxygen atoms in total. The van der Waals surface area contributed by atoms with Gasteiger partial charge in [-0.25, -0.2) is 9.67 Å². The van der Waals surface area contributed by atoms with Gasteiger partial charge in [0.2, 0.25) is 5.82 Å². The fourth-order valence-corrected chi connectivity index (χ4v) is 3.35. The summed E-state index contributed by atoms with van der Waals surface area (Å²) in [6, 6.07) is 1.87. The standard InChI is InChI=1S/C18H20N8O3/c1-2-12(1)29-14-5-11(17-21-23-24-22-17)6-19-16(14)13-7-26(25-20-13)8-15-27-9-18(3-4-18)10-28-15/h5-7,12,15H,1-4,8-10H2,(H,21,22,23,24). The quantitative estimate of drug-likeness (QED) is 0.654.